The Hall–Kier alpha value is -3.47. The smallest absolute Gasteiger partial charge is 0.310 e. The molecule has 43 heavy (non-hydrogen) atoms. The van der Waals surface area contributed by atoms with Crippen LogP contribution in [0.4, 0.5) is 0 Å². The van der Waals surface area contributed by atoms with E-state index in [1.54, 1.807) is 0 Å². The van der Waals surface area contributed by atoms with Crippen LogP contribution in [0.3, 0.4) is 0 Å². The largest absolute Gasteiger partial charge is 0.494 e. The number of Topliss-reactive ketones (excluding diaryl/α,β-unsaturated/α-hetero) is 2. The van der Waals surface area contributed by atoms with Gasteiger partial charge < -0.3 is 24.4 Å². The lowest BCUT2D eigenvalue weighted by atomic mass is 9.69. The molecule has 12 heteroatoms. The number of carbonyl (C=O) groups is 5. The maximum absolute atomic E-state index is 13.9. The predicted molar refractivity (Wildman–Crippen MR) is 156 cm³/mol. The van der Waals surface area contributed by atoms with Crippen LogP contribution in [0.5, 0.6) is 5.75 Å². The third kappa shape index (κ3) is 6.87. The highest BCUT2D eigenvalue weighted by Crippen LogP contribution is 2.40. The van der Waals surface area contributed by atoms with Gasteiger partial charge in [0.2, 0.25) is 18.1 Å². The molecule has 2 saturated heterocycles. The summed E-state index contributed by atoms with van der Waals surface area (Å²) in [7, 11) is 1.41. The summed E-state index contributed by atoms with van der Waals surface area (Å²) in [6.07, 6.45) is 0.478. The van der Waals surface area contributed by atoms with Gasteiger partial charge in [-0.3, -0.25) is 24.0 Å². The minimum absolute atomic E-state index is 0.0583. The minimum atomic E-state index is -0.986. The number of methoxy groups -OCH3 is 1. The van der Waals surface area contributed by atoms with E-state index in [-0.39, 0.29) is 59.7 Å². The topological polar surface area (TPSA) is 128 Å². The van der Waals surface area contributed by atoms with Gasteiger partial charge in [0.25, 0.3) is 0 Å². The van der Waals surface area contributed by atoms with Gasteiger partial charge in [-0.15, -0.1) is 0 Å². The zero-order valence-corrected chi connectivity index (χ0v) is 25.1. The molecule has 1 N–H and O–H groups in total. The fourth-order valence-electron chi connectivity index (χ4n) is 6.13. The van der Waals surface area contributed by atoms with Crippen molar-refractivity contribution in [2.75, 3.05) is 20.2 Å². The zero-order chi connectivity index (χ0) is 30.7. The Kier molecular flexibility index (Phi) is 9.68. The number of ketones is 2. The summed E-state index contributed by atoms with van der Waals surface area (Å²) < 4.78 is 16.3. The molecule has 1 saturated carbocycles. The molecule has 2 aromatic carbocycles. The number of carbonyl (C=O) groups excluding carboxylic acids is 5. The fraction of sp³-hybridized carbons (Fsp3) is 0.452. The van der Waals surface area contributed by atoms with Gasteiger partial charge in [0.05, 0.1) is 48.6 Å². The first-order valence-corrected chi connectivity index (χ1v) is 14.9. The van der Waals surface area contributed by atoms with E-state index in [0.29, 0.717) is 19.3 Å². The van der Waals surface area contributed by atoms with Crippen LogP contribution < -0.4 is 10.1 Å². The van der Waals surface area contributed by atoms with E-state index in [2.05, 4.69) is 5.32 Å². The Balaban J connectivity index is 1.30. The van der Waals surface area contributed by atoms with Gasteiger partial charge in [-0.1, -0.05) is 60.0 Å². The zero-order valence-electron chi connectivity index (χ0n) is 23.6. The Bertz CT molecular complexity index is 1390. The van der Waals surface area contributed by atoms with Crippen LogP contribution in [0, 0.1) is 17.8 Å². The molecule has 0 spiro atoms. The number of ether oxygens (including phenoxy) is 3. The number of halogens is 2. The normalized spacial score (nSPS) is 25.5. The summed E-state index contributed by atoms with van der Waals surface area (Å²) in [5.74, 6) is -4.05. The summed E-state index contributed by atoms with van der Waals surface area (Å²) in [6, 6.07) is 11.4. The van der Waals surface area contributed by atoms with Gasteiger partial charge in [-0.2, -0.15) is 0 Å². The second kappa shape index (κ2) is 13.4. The first kappa shape index (κ1) is 31.0. The molecule has 3 aliphatic rings. The number of nitrogens with zero attached hydrogens (tertiary/aromatic N) is 1. The van der Waals surface area contributed by atoms with Crippen molar-refractivity contribution in [1.82, 2.24) is 10.2 Å². The second-order valence-electron chi connectivity index (χ2n) is 11.0. The number of cyclic esters (lactones) is 1. The molecular weight excluding hydrogens is 599 g/mol. The SMILES string of the molecule is COc1c(Cl)cc(C(=O)CN2CCC(=O)C3CCCC(C(=O)NC4CC(=O)OC4OCc4ccccc4)C3C2=O)cc1Cl. The van der Waals surface area contributed by atoms with E-state index in [0.717, 1.165) is 5.56 Å². The lowest BCUT2D eigenvalue weighted by molar-refractivity contribution is -0.168. The van der Waals surface area contributed by atoms with Crippen molar-refractivity contribution in [1.29, 1.82) is 0 Å². The van der Waals surface area contributed by atoms with Crippen LogP contribution >= 0.6 is 23.2 Å². The highest BCUT2D eigenvalue weighted by Gasteiger charge is 2.49. The highest BCUT2D eigenvalue weighted by atomic mass is 35.5. The first-order valence-electron chi connectivity index (χ1n) is 14.2. The van der Waals surface area contributed by atoms with Gasteiger partial charge in [0.15, 0.2) is 11.5 Å². The van der Waals surface area contributed by atoms with Crippen molar-refractivity contribution in [2.24, 2.45) is 17.8 Å². The van der Waals surface area contributed by atoms with E-state index in [4.69, 9.17) is 37.4 Å². The van der Waals surface area contributed by atoms with Crippen molar-refractivity contribution in [3.8, 4) is 5.75 Å². The fourth-order valence-corrected chi connectivity index (χ4v) is 6.77. The molecular formula is C31H32Cl2N2O8. The summed E-state index contributed by atoms with van der Waals surface area (Å²) >= 11 is 12.4. The van der Waals surface area contributed by atoms with E-state index >= 15 is 0 Å². The summed E-state index contributed by atoms with van der Waals surface area (Å²) in [4.78, 5) is 67.4. The van der Waals surface area contributed by atoms with Gasteiger partial charge in [0.1, 0.15) is 11.8 Å². The third-order valence-electron chi connectivity index (χ3n) is 8.28. The van der Waals surface area contributed by atoms with Crippen LogP contribution in [0.1, 0.15) is 48.0 Å². The Morgan fingerprint density at radius 1 is 1.07 bits per heavy atom. The first-order chi connectivity index (χ1) is 20.7. The number of rotatable bonds is 9. The number of hydrogen-bond acceptors (Lipinski definition) is 8. The summed E-state index contributed by atoms with van der Waals surface area (Å²) in [5.41, 5.74) is 1.07. The molecule has 2 aromatic rings. The third-order valence-corrected chi connectivity index (χ3v) is 8.84. The van der Waals surface area contributed by atoms with Crippen LogP contribution in [0.2, 0.25) is 10.0 Å². The van der Waals surface area contributed by atoms with Gasteiger partial charge in [0, 0.05) is 24.4 Å². The van der Waals surface area contributed by atoms with Crippen LogP contribution in [-0.4, -0.2) is 66.8 Å². The monoisotopic (exact) mass is 630 g/mol. The number of hydrogen-bond donors (Lipinski definition) is 1. The van der Waals surface area contributed by atoms with Gasteiger partial charge >= 0.3 is 5.97 Å². The van der Waals surface area contributed by atoms with Gasteiger partial charge in [-0.25, -0.2) is 0 Å². The van der Waals surface area contributed by atoms with Crippen molar-refractivity contribution in [3.63, 3.8) is 0 Å². The van der Waals surface area contributed by atoms with Crippen molar-refractivity contribution >= 4 is 52.6 Å². The van der Waals surface area contributed by atoms with Gasteiger partial charge in [-0.05, 0) is 30.5 Å². The molecule has 10 nitrogen and oxygen atoms in total. The maximum atomic E-state index is 13.9. The molecule has 2 aliphatic heterocycles. The second-order valence-corrected chi connectivity index (χ2v) is 11.8. The molecule has 2 heterocycles. The average molecular weight is 632 g/mol. The summed E-state index contributed by atoms with van der Waals surface area (Å²) in [6.45, 7) is -0.0639. The minimum Gasteiger partial charge on any atom is -0.494 e. The summed E-state index contributed by atoms with van der Waals surface area (Å²) in [5, 5.41) is 3.16. The van der Waals surface area contributed by atoms with Crippen LogP contribution in [0.15, 0.2) is 42.5 Å². The number of fused-ring (bicyclic) bond motifs is 1. The number of amides is 2. The molecule has 0 aromatic heterocycles. The Labute approximate surface area is 258 Å². The van der Waals surface area contributed by atoms with Crippen LogP contribution in [-0.2, 0) is 35.3 Å². The Morgan fingerprint density at radius 3 is 2.49 bits per heavy atom. The molecule has 228 valence electrons. The molecule has 1 aliphatic carbocycles. The molecule has 2 amide bonds. The van der Waals surface area contributed by atoms with E-state index in [1.807, 2.05) is 30.3 Å². The quantitative estimate of drug-likeness (QED) is 0.325. The van der Waals surface area contributed by atoms with Crippen molar-refractivity contribution in [3.05, 3.63) is 63.6 Å². The average Bonchev–Trinajstić information content (AvgIpc) is 3.29. The van der Waals surface area contributed by atoms with E-state index < -0.39 is 53.7 Å². The number of benzene rings is 2. The van der Waals surface area contributed by atoms with Crippen molar-refractivity contribution in [2.45, 2.75) is 51.0 Å². The van der Waals surface area contributed by atoms with Crippen LogP contribution in [0.25, 0.3) is 0 Å². The Morgan fingerprint density at radius 2 is 1.79 bits per heavy atom. The predicted octanol–water partition coefficient (Wildman–Crippen LogP) is 3.99. The van der Waals surface area contributed by atoms with E-state index in [9.17, 15) is 24.0 Å². The van der Waals surface area contributed by atoms with E-state index in [1.165, 1.54) is 24.1 Å². The number of nitrogens with one attached hydrogen (secondary N) is 1. The maximum Gasteiger partial charge on any atom is 0.310 e. The molecule has 0 radical (unpaired) electrons. The number of esters is 1. The highest BCUT2D eigenvalue weighted by molar-refractivity contribution is 6.37. The molecule has 3 fully saturated rings. The molecule has 5 unspecified atom stereocenters. The standard InChI is InChI=1S/C31H32Cl2N2O8/c1-41-28-21(32)12-18(13-22(28)33)25(37)15-35-11-10-24(36)19-8-5-9-20(27(19)30(35)40)29(39)34-23-14-26(38)43-31(23)42-16-17-6-3-2-4-7-17/h2-4,6-7,12-13,19-20,23,27,31H,5,8-11,14-16H2,1H3,(H,34,39). The number of likely N-dealkylation sites (tertiary alicyclic amines) is 1. The molecule has 5 rings (SSSR count). The molecule has 5 atom stereocenters. The molecule has 0 bridgehead atoms. The van der Waals surface area contributed by atoms with Crippen molar-refractivity contribution < 1.29 is 38.2 Å². The lowest BCUT2D eigenvalue weighted by Crippen LogP contribution is -2.51. The lowest BCUT2D eigenvalue weighted by Gasteiger charge is -2.36.